The van der Waals surface area contributed by atoms with Gasteiger partial charge in [0.05, 0.1) is 19.3 Å². The minimum absolute atomic E-state index is 0.147. The molecular weight excluding hydrogens is 266 g/mol. The summed E-state index contributed by atoms with van der Waals surface area (Å²) in [5, 5.41) is 7.32. The first-order chi connectivity index (χ1) is 10.2. The summed E-state index contributed by atoms with van der Waals surface area (Å²) in [6, 6.07) is 7.51. The zero-order valence-electron chi connectivity index (χ0n) is 12.7. The van der Waals surface area contributed by atoms with Gasteiger partial charge >= 0.3 is 0 Å². The highest BCUT2D eigenvalue weighted by Gasteiger charge is 2.16. The molecule has 1 aliphatic carbocycles. The van der Waals surface area contributed by atoms with Crippen molar-refractivity contribution in [3.8, 4) is 5.75 Å². The number of para-hydroxylation sites is 2. The molecule has 1 atom stereocenters. The molecule has 0 radical (unpaired) electrons. The van der Waals surface area contributed by atoms with Crippen molar-refractivity contribution >= 4 is 17.3 Å². The molecule has 5 heteroatoms. The van der Waals surface area contributed by atoms with E-state index in [2.05, 4.69) is 22.8 Å². The molecule has 0 bridgehead atoms. The Kier molecular flexibility index (Phi) is 5.60. The minimum atomic E-state index is -0.147. The Morgan fingerprint density at radius 1 is 1.38 bits per heavy atom. The number of carbonyl (C=O) groups is 1. The predicted molar refractivity (Wildman–Crippen MR) is 84.7 cm³/mol. The van der Waals surface area contributed by atoms with Crippen molar-refractivity contribution in [1.82, 2.24) is 5.43 Å². The standard InChI is InChI=1S/C16H23N3O2/c1-12-7-3-4-8-13(12)18-19-16(20)11-17-14-9-5-6-10-15(14)21-2/h5-6,9-10,12,17H,3-4,7-8,11H2,1-2H3,(H,19,20)/t12-/m0/s1. The van der Waals surface area contributed by atoms with E-state index in [4.69, 9.17) is 4.74 Å². The van der Waals surface area contributed by atoms with E-state index < -0.39 is 0 Å². The summed E-state index contributed by atoms with van der Waals surface area (Å²) in [5.41, 5.74) is 4.54. The molecule has 5 nitrogen and oxygen atoms in total. The second kappa shape index (κ2) is 7.67. The Labute approximate surface area is 125 Å². The van der Waals surface area contributed by atoms with Crippen LogP contribution in [0.2, 0.25) is 0 Å². The van der Waals surface area contributed by atoms with Gasteiger partial charge < -0.3 is 10.1 Å². The van der Waals surface area contributed by atoms with Crippen LogP contribution in [0.1, 0.15) is 32.6 Å². The van der Waals surface area contributed by atoms with Gasteiger partial charge in [-0.25, -0.2) is 5.43 Å². The molecule has 114 valence electrons. The van der Waals surface area contributed by atoms with Crippen molar-refractivity contribution in [1.29, 1.82) is 0 Å². The van der Waals surface area contributed by atoms with E-state index in [0.717, 1.165) is 30.0 Å². The van der Waals surface area contributed by atoms with Crippen molar-refractivity contribution in [3.63, 3.8) is 0 Å². The smallest absolute Gasteiger partial charge is 0.259 e. The van der Waals surface area contributed by atoms with Crippen LogP contribution >= 0.6 is 0 Å². The van der Waals surface area contributed by atoms with Crippen LogP contribution in [0, 0.1) is 5.92 Å². The molecular formula is C16H23N3O2. The molecule has 2 N–H and O–H groups in total. The highest BCUT2D eigenvalue weighted by atomic mass is 16.5. The zero-order chi connectivity index (χ0) is 15.1. The SMILES string of the molecule is COc1ccccc1NCC(=O)NN=C1CCCC[C@@H]1C. The van der Waals surface area contributed by atoms with Crippen molar-refractivity contribution in [3.05, 3.63) is 24.3 Å². The van der Waals surface area contributed by atoms with Crippen LogP contribution in [-0.4, -0.2) is 25.3 Å². The average Bonchev–Trinajstić information content (AvgIpc) is 2.52. The Morgan fingerprint density at radius 3 is 2.95 bits per heavy atom. The number of nitrogens with one attached hydrogen (secondary N) is 2. The van der Waals surface area contributed by atoms with Gasteiger partial charge in [0.15, 0.2) is 0 Å². The molecule has 1 aliphatic rings. The van der Waals surface area contributed by atoms with Crippen LogP contribution in [0.4, 0.5) is 5.69 Å². The molecule has 2 rings (SSSR count). The molecule has 21 heavy (non-hydrogen) atoms. The molecule has 0 aromatic heterocycles. The Morgan fingerprint density at radius 2 is 2.19 bits per heavy atom. The Bertz CT molecular complexity index is 514. The van der Waals surface area contributed by atoms with Gasteiger partial charge in [0.1, 0.15) is 5.75 Å². The molecule has 1 amide bonds. The van der Waals surface area contributed by atoms with Gasteiger partial charge in [0, 0.05) is 5.71 Å². The summed E-state index contributed by atoms with van der Waals surface area (Å²) in [6.07, 6.45) is 4.57. The van der Waals surface area contributed by atoms with Gasteiger partial charge in [0.2, 0.25) is 0 Å². The lowest BCUT2D eigenvalue weighted by Crippen LogP contribution is -2.29. The van der Waals surface area contributed by atoms with E-state index in [0.29, 0.717) is 5.92 Å². The number of hydrogen-bond acceptors (Lipinski definition) is 4. The summed E-state index contributed by atoms with van der Waals surface area (Å²) in [7, 11) is 1.61. The first-order valence-electron chi connectivity index (χ1n) is 7.43. The third kappa shape index (κ3) is 4.48. The fourth-order valence-electron chi connectivity index (χ4n) is 2.48. The maximum atomic E-state index is 11.8. The lowest BCUT2D eigenvalue weighted by Gasteiger charge is -2.19. The van der Waals surface area contributed by atoms with E-state index in [1.54, 1.807) is 7.11 Å². The van der Waals surface area contributed by atoms with Crippen LogP contribution in [0.25, 0.3) is 0 Å². The molecule has 1 aromatic carbocycles. The monoisotopic (exact) mass is 289 g/mol. The summed E-state index contributed by atoms with van der Waals surface area (Å²) in [4.78, 5) is 11.8. The first kappa shape index (κ1) is 15.4. The van der Waals surface area contributed by atoms with E-state index in [1.165, 1.54) is 12.8 Å². The molecule has 0 saturated heterocycles. The molecule has 1 fully saturated rings. The van der Waals surface area contributed by atoms with Crippen LogP contribution < -0.4 is 15.5 Å². The maximum absolute atomic E-state index is 11.8. The fourth-order valence-corrected chi connectivity index (χ4v) is 2.48. The Hall–Kier alpha value is -2.04. The number of amides is 1. The molecule has 0 unspecified atom stereocenters. The van der Waals surface area contributed by atoms with E-state index >= 15 is 0 Å². The number of ether oxygens (including phenoxy) is 1. The number of anilines is 1. The normalized spacial score (nSPS) is 20.1. The van der Waals surface area contributed by atoms with Gasteiger partial charge in [-0.3, -0.25) is 4.79 Å². The highest BCUT2D eigenvalue weighted by molar-refractivity contribution is 5.89. The first-order valence-corrected chi connectivity index (χ1v) is 7.43. The summed E-state index contributed by atoms with van der Waals surface area (Å²) in [5.74, 6) is 1.05. The van der Waals surface area contributed by atoms with Crippen molar-refractivity contribution < 1.29 is 9.53 Å². The number of rotatable bonds is 5. The lowest BCUT2D eigenvalue weighted by atomic mass is 9.89. The van der Waals surface area contributed by atoms with Gasteiger partial charge in [-0.2, -0.15) is 5.10 Å². The number of hydrogen-bond donors (Lipinski definition) is 2. The van der Waals surface area contributed by atoms with Crippen molar-refractivity contribution in [2.24, 2.45) is 11.0 Å². The minimum Gasteiger partial charge on any atom is -0.495 e. The largest absolute Gasteiger partial charge is 0.495 e. The summed E-state index contributed by atoms with van der Waals surface area (Å²) >= 11 is 0. The van der Waals surface area contributed by atoms with E-state index in [1.807, 2.05) is 24.3 Å². The topological polar surface area (TPSA) is 62.7 Å². The average molecular weight is 289 g/mol. The fraction of sp³-hybridized carbons (Fsp3) is 0.500. The van der Waals surface area contributed by atoms with Crippen LogP contribution in [0.5, 0.6) is 5.75 Å². The number of nitrogens with zero attached hydrogens (tertiary/aromatic N) is 1. The third-order valence-electron chi connectivity index (χ3n) is 3.76. The lowest BCUT2D eigenvalue weighted by molar-refractivity contribution is -0.119. The number of hydrazone groups is 1. The predicted octanol–water partition coefficient (Wildman–Crippen LogP) is 2.79. The van der Waals surface area contributed by atoms with Crippen LogP contribution in [0.3, 0.4) is 0 Å². The molecule has 0 aliphatic heterocycles. The Balaban J connectivity index is 1.83. The van der Waals surface area contributed by atoms with E-state index in [-0.39, 0.29) is 12.5 Å². The zero-order valence-corrected chi connectivity index (χ0v) is 12.7. The number of benzene rings is 1. The number of carbonyl (C=O) groups excluding carboxylic acids is 1. The summed E-state index contributed by atoms with van der Waals surface area (Å²) in [6.45, 7) is 2.34. The van der Waals surface area contributed by atoms with Gasteiger partial charge in [-0.15, -0.1) is 0 Å². The highest BCUT2D eigenvalue weighted by Crippen LogP contribution is 2.22. The van der Waals surface area contributed by atoms with Crippen LogP contribution in [0.15, 0.2) is 29.4 Å². The van der Waals surface area contributed by atoms with Gasteiger partial charge in [-0.05, 0) is 37.3 Å². The molecule has 1 saturated carbocycles. The molecule has 0 spiro atoms. The van der Waals surface area contributed by atoms with Gasteiger partial charge in [-0.1, -0.05) is 25.5 Å². The number of methoxy groups -OCH3 is 1. The van der Waals surface area contributed by atoms with Crippen molar-refractivity contribution in [2.45, 2.75) is 32.6 Å². The maximum Gasteiger partial charge on any atom is 0.259 e. The quantitative estimate of drug-likeness (QED) is 0.819. The van der Waals surface area contributed by atoms with Gasteiger partial charge in [0.25, 0.3) is 5.91 Å². The van der Waals surface area contributed by atoms with Crippen LogP contribution in [-0.2, 0) is 4.79 Å². The van der Waals surface area contributed by atoms with Crippen molar-refractivity contribution in [2.75, 3.05) is 19.0 Å². The third-order valence-corrected chi connectivity index (χ3v) is 3.76. The molecule has 0 heterocycles. The molecule has 1 aromatic rings. The van der Waals surface area contributed by atoms with E-state index in [9.17, 15) is 4.79 Å². The second-order valence-electron chi connectivity index (χ2n) is 5.34. The summed E-state index contributed by atoms with van der Waals surface area (Å²) < 4.78 is 5.23. The second-order valence-corrected chi connectivity index (χ2v) is 5.34.